The Kier molecular flexibility index (Phi) is 8.05. The molecule has 0 aliphatic carbocycles. The van der Waals surface area contributed by atoms with Crippen molar-refractivity contribution >= 4 is 23.5 Å². The normalized spacial score (nSPS) is 28.9. The maximum absolute atomic E-state index is 3.82. The summed E-state index contributed by atoms with van der Waals surface area (Å²) in [5.74, 6) is 3.49. The number of thioether (sulfide) groups is 2. The number of nitrogens with one attached hydrogen (secondary N) is 1. The molecule has 102 valence electrons. The van der Waals surface area contributed by atoms with E-state index in [1.165, 1.54) is 37.3 Å². The Balaban J connectivity index is 2.64. The van der Waals surface area contributed by atoms with E-state index in [4.69, 9.17) is 0 Å². The van der Waals surface area contributed by atoms with Gasteiger partial charge in [0, 0.05) is 28.0 Å². The molecule has 4 unspecified atom stereocenters. The molecule has 1 N–H and O–H groups in total. The molecule has 17 heavy (non-hydrogen) atoms. The van der Waals surface area contributed by atoms with Crippen molar-refractivity contribution < 1.29 is 0 Å². The maximum Gasteiger partial charge on any atom is 0.0322 e. The van der Waals surface area contributed by atoms with Crippen LogP contribution in [0.3, 0.4) is 0 Å². The summed E-state index contributed by atoms with van der Waals surface area (Å²) in [7, 11) is 0. The van der Waals surface area contributed by atoms with Crippen LogP contribution in [-0.4, -0.2) is 34.6 Å². The van der Waals surface area contributed by atoms with Crippen molar-refractivity contribution in [3.63, 3.8) is 0 Å². The van der Waals surface area contributed by atoms with Crippen LogP contribution in [0, 0.1) is 5.92 Å². The highest BCUT2D eigenvalue weighted by molar-refractivity contribution is 8.07. The maximum atomic E-state index is 3.82. The predicted octanol–water partition coefficient (Wildman–Crippen LogP) is 4.03. The van der Waals surface area contributed by atoms with Gasteiger partial charge in [0.05, 0.1) is 0 Å². The zero-order valence-electron chi connectivity index (χ0n) is 11.9. The summed E-state index contributed by atoms with van der Waals surface area (Å²) in [6.45, 7) is 10.5. The van der Waals surface area contributed by atoms with Gasteiger partial charge < -0.3 is 5.32 Å². The van der Waals surface area contributed by atoms with Gasteiger partial charge in [-0.3, -0.25) is 0 Å². The molecule has 0 aromatic rings. The average Bonchev–Trinajstić information content (AvgIpc) is 2.39. The Morgan fingerprint density at radius 2 is 1.88 bits per heavy atom. The minimum Gasteiger partial charge on any atom is -0.313 e. The highest BCUT2D eigenvalue weighted by Crippen LogP contribution is 2.37. The van der Waals surface area contributed by atoms with E-state index in [0.717, 1.165) is 16.4 Å². The van der Waals surface area contributed by atoms with Gasteiger partial charge in [-0.25, -0.2) is 0 Å². The molecule has 1 heterocycles. The standard InChI is InChI=1S/C14H29NS2/c1-5-8-15-13(11(4)6-2)14-12(7-3)16-9-10-17-14/h11-15H,5-10H2,1-4H3. The molecule has 0 spiro atoms. The van der Waals surface area contributed by atoms with Crippen LogP contribution in [0.25, 0.3) is 0 Å². The summed E-state index contributed by atoms with van der Waals surface area (Å²) in [5.41, 5.74) is 0. The van der Waals surface area contributed by atoms with Crippen LogP contribution in [0.1, 0.15) is 47.0 Å². The molecule has 0 amide bonds. The third-order valence-corrected chi connectivity index (χ3v) is 7.11. The van der Waals surface area contributed by atoms with Gasteiger partial charge in [0.2, 0.25) is 0 Å². The molecular formula is C14H29NS2. The lowest BCUT2D eigenvalue weighted by Gasteiger charge is -2.39. The fourth-order valence-corrected chi connectivity index (χ4v) is 5.87. The van der Waals surface area contributed by atoms with Crippen molar-refractivity contribution in [2.24, 2.45) is 5.92 Å². The molecule has 1 rings (SSSR count). The Morgan fingerprint density at radius 3 is 2.47 bits per heavy atom. The third-order valence-electron chi connectivity index (χ3n) is 3.74. The fraction of sp³-hybridized carbons (Fsp3) is 1.00. The van der Waals surface area contributed by atoms with Gasteiger partial charge in [0.15, 0.2) is 0 Å². The van der Waals surface area contributed by atoms with Crippen LogP contribution in [-0.2, 0) is 0 Å². The number of rotatable bonds is 7. The van der Waals surface area contributed by atoms with Crippen LogP contribution in [0.15, 0.2) is 0 Å². The van der Waals surface area contributed by atoms with E-state index in [9.17, 15) is 0 Å². The summed E-state index contributed by atoms with van der Waals surface area (Å²) in [5, 5.41) is 5.50. The fourth-order valence-electron chi connectivity index (χ4n) is 2.48. The summed E-state index contributed by atoms with van der Waals surface area (Å²) in [6.07, 6.45) is 3.86. The van der Waals surface area contributed by atoms with E-state index in [-0.39, 0.29) is 0 Å². The predicted molar refractivity (Wildman–Crippen MR) is 84.3 cm³/mol. The molecule has 1 aliphatic rings. The molecular weight excluding hydrogens is 246 g/mol. The number of hydrogen-bond donors (Lipinski definition) is 1. The van der Waals surface area contributed by atoms with Crippen LogP contribution < -0.4 is 5.32 Å². The van der Waals surface area contributed by atoms with Crippen LogP contribution >= 0.6 is 23.5 Å². The summed E-state index contributed by atoms with van der Waals surface area (Å²) < 4.78 is 0. The first-order valence-corrected chi connectivity index (χ1v) is 9.30. The van der Waals surface area contributed by atoms with Crippen molar-refractivity contribution in [1.29, 1.82) is 0 Å². The molecule has 4 atom stereocenters. The van der Waals surface area contributed by atoms with Crippen molar-refractivity contribution in [2.75, 3.05) is 18.1 Å². The van der Waals surface area contributed by atoms with E-state index in [2.05, 4.69) is 56.5 Å². The van der Waals surface area contributed by atoms with Gasteiger partial charge in [-0.2, -0.15) is 23.5 Å². The summed E-state index contributed by atoms with van der Waals surface area (Å²) in [6, 6.07) is 0.711. The van der Waals surface area contributed by atoms with Crippen molar-refractivity contribution in [1.82, 2.24) is 5.32 Å². The highest BCUT2D eigenvalue weighted by atomic mass is 32.2. The molecule has 3 heteroatoms. The lowest BCUT2D eigenvalue weighted by Crippen LogP contribution is -2.49. The molecule has 1 fully saturated rings. The lowest BCUT2D eigenvalue weighted by atomic mass is 9.93. The molecule has 0 aromatic carbocycles. The van der Waals surface area contributed by atoms with E-state index in [1.807, 2.05) is 0 Å². The van der Waals surface area contributed by atoms with Crippen molar-refractivity contribution in [3.05, 3.63) is 0 Å². The van der Waals surface area contributed by atoms with E-state index < -0.39 is 0 Å². The Labute approximate surface area is 116 Å². The van der Waals surface area contributed by atoms with Gasteiger partial charge in [-0.15, -0.1) is 0 Å². The molecule has 0 aromatic heterocycles. The zero-order chi connectivity index (χ0) is 12.7. The quantitative estimate of drug-likeness (QED) is 0.753. The van der Waals surface area contributed by atoms with Crippen LogP contribution in [0.2, 0.25) is 0 Å². The smallest absolute Gasteiger partial charge is 0.0322 e. The highest BCUT2D eigenvalue weighted by Gasteiger charge is 2.33. The first-order valence-electron chi connectivity index (χ1n) is 7.21. The molecule has 0 saturated carbocycles. The topological polar surface area (TPSA) is 12.0 Å². The Hall–Kier alpha value is 0.660. The van der Waals surface area contributed by atoms with Crippen LogP contribution in [0.5, 0.6) is 0 Å². The third kappa shape index (κ3) is 4.68. The minimum absolute atomic E-state index is 0.711. The zero-order valence-corrected chi connectivity index (χ0v) is 13.5. The van der Waals surface area contributed by atoms with Crippen LogP contribution in [0.4, 0.5) is 0 Å². The van der Waals surface area contributed by atoms with Gasteiger partial charge in [-0.1, -0.05) is 34.1 Å². The van der Waals surface area contributed by atoms with E-state index in [0.29, 0.717) is 6.04 Å². The molecule has 1 nitrogen and oxygen atoms in total. The number of hydrogen-bond acceptors (Lipinski definition) is 3. The van der Waals surface area contributed by atoms with Gasteiger partial charge in [0.25, 0.3) is 0 Å². The lowest BCUT2D eigenvalue weighted by molar-refractivity contribution is 0.352. The molecule has 0 radical (unpaired) electrons. The summed E-state index contributed by atoms with van der Waals surface area (Å²) >= 11 is 4.41. The Bertz CT molecular complexity index is 199. The van der Waals surface area contributed by atoms with Crippen molar-refractivity contribution in [2.45, 2.75) is 63.5 Å². The molecule has 1 saturated heterocycles. The SMILES string of the molecule is CCCNC(C(C)CC)C1SCCSC1CC. The second-order valence-corrected chi connectivity index (χ2v) is 7.65. The monoisotopic (exact) mass is 275 g/mol. The van der Waals surface area contributed by atoms with E-state index >= 15 is 0 Å². The Morgan fingerprint density at radius 1 is 1.18 bits per heavy atom. The molecule has 0 bridgehead atoms. The van der Waals surface area contributed by atoms with Gasteiger partial charge in [0.1, 0.15) is 0 Å². The first kappa shape index (κ1) is 15.7. The van der Waals surface area contributed by atoms with Gasteiger partial charge >= 0.3 is 0 Å². The van der Waals surface area contributed by atoms with Gasteiger partial charge in [-0.05, 0) is 25.3 Å². The largest absolute Gasteiger partial charge is 0.313 e. The minimum atomic E-state index is 0.711. The average molecular weight is 276 g/mol. The first-order chi connectivity index (χ1) is 8.24. The summed E-state index contributed by atoms with van der Waals surface area (Å²) in [4.78, 5) is 0. The second kappa shape index (κ2) is 8.71. The molecule has 1 aliphatic heterocycles. The van der Waals surface area contributed by atoms with Crippen molar-refractivity contribution in [3.8, 4) is 0 Å². The van der Waals surface area contributed by atoms with E-state index in [1.54, 1.807) is 0 Å². The second-order valence-electron chi connectivity index (χ2n) is 5.02.